The summed E-state index contributed by atoms with van der Waals surface area (Å²) in [5, 5.41) is 0. The summed E-state index contributed by atoms with van der Waals surface area (Å²) < 4.78 is 5.45. The van der Waals surface area contributed by atoms with E-state index < -0.39 is 0 Å². The molecule has 2 aliphatic rings. The third kappa shape index (κ3) is 1.18. The highest BCUT2D eigenvalue weighted by molar-refractivity contribution is 4.95. The van der Waals surface area contributed by atoms with Crippen molar-refractivity contribution >= 4 is 0 Å². The van der Waals surface area contributed by atoms with E-state index in [0.29, 0.717) is 5.60 Å². The minimum absolute atomic E-state index is 0.311. The number of likely N-dealkylation sites (tertiary alicyclic amines) is 1. The average molecular weight is 141 g/mol. The Morgan fingerprint density at radius 3 is 2.90 bits per heavy atom. The molecule has 0 bridgehead atoms. The van der Waals surface area contributed by atoms with Crippen molar-refractivity contribution in [2.45, 2.75) is 24.9 Å². The summed E-state index contributed by atoms with van der Waals surface area (Å²) in [6.45, 7) is 3.43. The molecule has 1 atom stereocenters. The summed E-state index contributed by atoms with van der Waals surface area (Å²) in [5.74, 6) is 0. The van der Waals surface area contributed by atoms with Gasteiger partial charge in [0, 0.05) is 6.54 Å². The topological polar surface area (TPSA) is 15.8 Å². The summed E-state index contributed by atoms with van der Waals surface area (Å²) >= 11 is 0. The molecule has 0 aromatic heterocycles. The largest absolute Gasteiger partial charge is 0.368 e. The van der Waals surface area contributed by atoms with Gasteiger partial charge < -0.3 is 9.64 Å². The Labute approximate surface area is 62.2 Å². The number of likely N-dealkylation sites (N-methyl/N-ethyl adjacent to an activating group) is 1. The molecule has 2 saturated heterocycles. The molecule has 2 rings (SSSR count). The van der Waals surface area contributed by atoms with Gasteiger partial charge in [0.25, 0.3) is 0 Å². The minimum Gasteiger partial charge on any atom is -0.368 e. The average Bonchev–Trinajstić information content (AvgIpc) is 2.64. The SMILES string of the molecule is CN1CCCCC2(CO2)C1. The van der Waals surface area contributed by atoms with Crippen molar-refractivity contribution in [1.82, 2.24) is 4.90 Å². The van der Waals surface area contributed by atoms with Gasteiger partial charge in [0.1, 0.15) is 5.60 Å². The first-order valence-electron chi connectivity index (χ1n) is 4.13. The molecule has 10 heavy (non-hydrogen) atoms. The van der Waals surface area contributed by atoms with Gasteiger partial charge >= 0.3 is 0 Å². The fourth-order valence-electron chi connectivity index (χ4n) is 1.82. The second-order valence-electron chi connectivity index (χ2n) is 3.67. The van der Waals surface area contributed by atoms with E-state index in [2.05, 4.69) is 11.9 Å². The van der Waals surface area contributed by atoms with Crippen LogP contribution in [0.1, 0.15) is 19.3 Å². The van der Waals surface area contributed by atoms with Crippen LogP contribution in [0.2, 0.25) is 0 Å². The molecule has 0 saturated carbocycles. The highest BCUT2D eigenvalue weighted by Crippen LogP contribution is 2.35. The van der Waals surface area contributed by atoms with Crippen molar-refractivity contribution in [2.75, 3.05) is 26.7 Å². The molecule has 0 amide bonds. The van der Waals surface area contributed by atoms with Crippen LogP contribution < -0.4 is 0 Å². The first-order valence-corrected chi connectivity index (χ1v) is 4.13. The minimum atomic E-state index is 0.311. The molecular formula is C8H15NO. The predicted octanol–water partition coefficient (Wildman–Crippen LogP) is 0.871. The predicted molar refractivity (Wildman–Crippen MR) is 40.0 cm³/mol. The van der Waals surface area contributed by atoms with E-state index >= 15 is 0 Å². The monoisotopic (exact) mass is 141 g/mol. The Morgan fingerprint density at radius 2 is 2.20 bits per heavy atom. The Hall–Kier alpha value is -0.0800. The second kappa shape index (κ2) is 2.21. The molecule has 58 valence electrons. The summed E-state index contributed by atoms with van der Waals surface area (Å²) in [4.78, 5) is 2.39. The van der Waals surface area contributed by atoms with Gasteiger partial charge in [-0.2, -0.15) is 0 Å². The molecule has 0 aliphatic carbocycles. The molecule has 1 spiro atoms. The zero-order valence-electron chi connectivity index (χ0n) is 6.60. The van der Waals surface area contributed by atoms with Gasteiger partial charge in [0.15, 0.2) is 0 Å². The van der Waals surface area contributed by atoms with E-state index in [0.717, 1.165) is 13.2 Å². The van der Waals surface area contributed by atoms with Gasteiger partial charge in [0.05, 0.1) is 6.61 Å². The van der Waals surface area contributed by atoms with E-state index in [9.17, 15) is 0 Å². The highest BCUT2D eigenvalue weighted by Gasteiger charge is 2.45. The van der Waals surface area contributed by atoms with Gasteiger partial charge in [-0.15, -0.1) is 0 Å². The molecule has 0 radical (unpaired) electrons. The lowest BCUT2D eigenvalue weighted by Gasteiger charge is -2.15. The number of rotatable bonds is 0. The van der Waals surface area contributed by atoms with Crippen LogP contribution in [0.4, 0.5) is 0 Å². The van der Waals surface area contributed by atoms with Gasteiger partial charge in [-0.3, -0.25) is 0 Å². The maximum absolute atomic E-state index is 5.45. The van der Waals surface area contributed by atoms with Crippen molar-refractivity contribution in [1.29, 1.82) is 0 Å². The lowest BCUT2D eigenvalue weighted by molar-refractivity contribution is 0.226. The maximum Gasteiger partial charge on any atom is 0.104 e. The molecule has 1 unspecified atom stereocenters. The van der Waals surface area contributed by atoms with Crippen molar-refractivity contribution in [3.8, 4) is 0 Å². The lowest BCUT2D eigenvalue weighted by Crippen LogP contribution is -2.29. The van der Waals surface area contributed by atoms with Gasteiger partial charge in [-0.1, -0.05) is 0 Å². The van der Waals surface area contributed by atoms with Crippen molar-refractivity contribution in [2.24, 2.45) is 0 Å². The zero-order valence-corrected chi connectivity index (χ0v) is 6.60. The van der Waals surface area contributed by atoms with Crippen molar-refractivity contribution in [3.05, 3.63) is 0 Å². The van der Waals surface area contributed by atoms with Crippen LogP contribution in [0.15, 0.2) is 0 Å². The van der Waals surface area contributed by atoms with Crippen LogP contribution in [0.25, 0.3) is 0 Å². The number of epoxide rings is 1. The smallest absolute Gasteiger partial charge is 0.104 e. The first kappa shape index (κ1) is 6.62. The number of ether oxygens (including phenoxy) is 1. The van der Waals surface area contributed by atoms with Crippen LogP contribution in [-0.4, -0.2) is 37.2 Å². The first-order chi connectivity index (χ1) is 4.81. The Balaban J connectivity index is 1.96. The molecule has 2 nitrogen and oxygen atoms in total. The zero-order chi connectivity index (χ0) is 7.03. The Morgan fingerprint density at radius 1 is 1.40 bits per heavy atom. The molecule has 2 aliphatic heterocycles. The van der Waals surface area contributed by atoms with E-state index in [-0.39, 0.29) is 0 Å². The third-order valence-corrected chi connectivity index (χ3v) is 2.53. The van der Waals surface area contributed by atoms with Gasteiger partial charge in [-0.05, 0) is 32.9 Å². The molecule has 2 fully saturated rings. The molecule has 2 heteroatoms. The molecule has 2 heterocycles. The van der Waals surface area contributed by atoms with Crippen molar-refractivity contribution in [3.63, 3.8) is 0 Å². The number of hydrogen-bond acceptors (Lipinski definition) is 2. The fraction of sp³-hybridized carbons (Fsp3) is 1.00. The van der Waals surface area contributed by atoms with E-state index in [1.54, 1.807) is 0 Å². The Bertz CT molecular complexity index is 131. The van der Waals surface area contributed by atoms with Crippen LogP contribution in [0.3, 0.4) is 0 Å². The van der Waals surface area contributed by atoms with Crippen LogP contribution in [0, 0.1) is 0 Å². The standard InChI is InChI=1S/C8H15NO/c1-9-5-3-2-4-8(6-9)7-10-8/h2-7H2,1H3. The molecule has 0 N–H and O–H groups in total. The summed E-state index contributed by atoms with van der Waals surface area (Å²) in [6.07, 6.45) is 3.99. The number of hydrogen-bond donors (Lipinski definition) is 0. The summed E-state index contributed by atoms with van der Waals surface area (Å²) in [7, 11) is 2.19. The maximum atomic E-state index is 5.45. The molecule has 0 aromatic rings. The van der Waals surface area contributed by atoms with Crippen LogP contribution in [0.5, 0.6) is 0 Å². The summed E-state index contributed by atoms with van der Waals surface area (Å²) in [5.41, 5.74) is 0.311. The van der Waals surface area contributed by atoms with E-state index in [1.807, 2.05) is 0 Å². The lowest BCUT2D eigenvalue weighted by atomic mass is 10.1. The molecular weight excluding hydrogens is 126 g/mol. The fourth-order valence-corrected chi connectivity index (χ4v) is 1.82. The van der Waals surface area contributed by atoms with Crippen molar-refractivity contribution < 1.29 is 4.74 Å². The van der Waals surface area contributed by atoms with E-state index in [4.69, 9.17) is 4.74 Å². The Kier molecular flexibility index (Phi) is 1.46. The summed E-state index contributed by atoms with van der Waals surface area (Å²) in [6, 6.07) is 0. The quantitative estimate of drug-likeness (QED) is 0.465. The normalized spacial score (nSPS) is 41.7. The van der Waals surface area contributed by atoms with Gasteiger partial charge in [0.2, 0.25) is 0 Å². The second-order valence-corrected chi connectivity index (χ2v) is 3.67. The molecule has 0 aromatic carbocycles. The van der Waals surface area contributed by atoms with Crippen LogP contribution >= 0.6 is 0 Å². The highest BCUT2D eigenvalue weighted by atomic mass is 16.6. The van der Waals surface area contributed by atoms with E-state index in [1.165, 1.54) is 25.8 Å². The number of nitrogens with zero attached hydrogens (tertiary/aromatic N) is 1. The van der Waals surface area contributed by atoms with Crippen LogP contribution in [-0.2, 0) is 4.74 Å². The van der Waals surface area contributed by atoms with Gasteiger partial charge in [-0.25, -0.2) is 0 Å². The third-order valence-electron chi connectivity index (χ3n) is 2.53.